The van der Waals surface area contributed by atoms with Crippen molar-refractivity contribution >= 4 is 21.7 Å². The first-order chi connectivity index (χ1) is 5.52. The van der Waals surface area contributed by atoms with Gasteiger partial charge >= 0.3 is 0 Å². The molecule has 0 aliphatic rings. The van der Waals surface area contributed by atoms with Crippen molar-refractivity contribution < 1.29 is 13.0 Å². The highest BCUT2D eigenvalue weighted by Crippen LogP contribution is 2.24. The zero-order chi connectivity index (χ0) is 9.19. The van der Waals surface area contributed by atoms with E-state index in [0.29, 0.717) is 5.56 Å². The van der Waals surface area contributed by atoms with Crippen LogP contribution in [0.15, 0.2) is 30.3 Å². The minimum absolute atomic E-state index is 0.363. The minimum atomic E-state index is -4.19. The van der Waals surface area contributed by atoms with Crippen LogP contribution in [0.2, 0.25) is 0 Å². The van der Waals surface area contributed by atoms with Crippen LogP contribution < -0.4 is 0 Å². The summed E-state index contributed by atoms with van der Waals surface area (Å²) in [6.45, 7) is 0. The van der Waals surface area contributed by atoms with Crippen molar-refractivity contribution in [2.75, 3.05) is 0 Å². The van der Waals surface area contributed by atoms with E-state index in [1.807, 2.05) is 0 Å². The predicted molar refractivity (Wildman–Crippen MR) is 46.6 cm³/mol. The highest BCUT2D eigenvalue weighted by molar-refractivity contribution is 7.87. The van der Waals surface area contributed by atoms with E-state index in [1.54, 1.807) is 18.2 Å². The topological polar surface area (TPSA) is 54.4 Å². The molecule has 0 amide bonds. The van der Waals surface area contributed by atoms with Crippen LogP contribution in [0.3, 0.4) is 0 Å². The third-order valence-electron chi connectivity index (χ3n) is 1.32. The molecule has 66 valence electrons. The molecule has 0 aliphatic heterocycles. The van der Waals surface area contributed by atoms with E-state index in [9.17, 15) is 8.42 Å². The molecule has 0 unspecified atom stereocenters. The molecular weight excluding hydrogens is 200 g/mol. The first-order valence-electron chi connectivity index (χ1n) is 3.17. The van der Waals surface area contributed by atoms with Crippen molar-refractivity contribution in [2.24, 2.45) is 0 Å². The summed E-state index contributed by atoms with van der Waals surface area (Å²) in [5.41, 5.74) is 0.363. The number of alkyl halides is 1. The smallest absolute Gasteiger partial charge is 0.284 e. The van der Waals surface area contributed by atoms with Crippen LogP contribution >= 0.6 is 11.6 Å². The quantitative estimate of drug-likeness (QED) is 0.593. The Morgan fingerprint density at radius 3 is 2.17 bits per heavy atom. The van der Waals surface area contributed by atoms with Crippen LogP contribution in [0.25, 0.3) is 0 Å². The molecule has 1 atom stereocenters. The summed E-state index contributed by atoms with van der Waals surface area (Å²) in [5.74, 6) is 0. The average molecular weight is 207 g/mol. The Morgan fingerprint density at radius 1 is 1.25 bits per heavy atom. The first kappa shape index (κ1) is 9.51. The second-order valence-corrected chi connectivity index (χ2v) is 4.44. The third kappa shape index (κ3) is 2.20. The number of hydrogen-bond donors (Lipinski definition) is 1. The summed E-state index contributed by atoms with van der Waals surface area (Å²) in [7, 11) is -4.19. The lowest BCUT2D eigenvalue weighted by Crippen LogP contribution is -2.05. The fourth-order valence-electron chi connectivity index (χ4n) is 0.776. The van der Waals surface area contributed by atoms with Gasteiger partial charge in [-0.3, -0.25) is 4.55 Å². The van der Waals surface area contributed by atoms with E-state index >= 15 is 0 Å². The van der Waals surface area contributed by atoms with E-state index in [0.717, 1.165) is 0 Å². The van der Waals surface area contributed by atoms with Gasteiger partial charge < -0.3 is 0 Å². The molecule has 1 aromatic carbocycles. The monoisotopic (exact) mass is 206 g/mol. The molecular formula is C7H7ClO3S. The minimum Gasteiger partial charge on any atom is -0.284 e. The zero-order valence-electron chi connectivity index (χ0n) is 6.01. The molecule has 0 aliphatic carbocycles. The summed E-state index contributed by atoms with van der Waals surface area (Å²) >= 11 is 5.44. The fraction of sp³-hybridized carbons (Fsp3) is 0.143. The molecule has 0 heterocycles. The Morgan fingerprint density at radius 2 is 1.75 bits per heavy atom. The summed E-state index contributed by atoms with van der Waals surface area (Å²) in [6, 6.07) is 8.10. The number of benzene rings is 1. The van der Waals surface area contributed by atoms with E-state index in [-0.39, 0.29) is 0 Å². The molecule has 0 fully saturated rings. The van der Waals surface area contributed by atoms with Crippen LogP contribution in [0, 0.1) is 0 Å². The lowest BCUT2D eigenvalue weighted by Gasteiger charge is -2.04. The molecule has 0 saturated carbocycles. The molecule has 1 rings (SSSR count). The van der Waals surface area contributed by atoms with Gasteiger partial charge in [-0.15, -0.1) is 0 Å². The van der Waals surface area contributed by atoms with Crippen molar-refractivity contribution in [3.05, 3.63) is 35.9 Å². The number of rotatable bonds is 2. The predicted octanol–water partition coefficient (Wildman–Crippen LogP) is 1.81. The zero-order valence-corrected chi connectivity index (χ0v) is 7.59. The van der Waals surface area contributed by atoms with Gasteiger partial charge in [0.1, 0.15) is 0 Å². The lowest BCUT2D eigenvalue weighted by atomic mass is 10.2. The maximum absolute atomic E-state index is 10.6. The van der Waals surface area contributed by atoms with Gasteiger partial charge in [0.2, 0.25) is 0 Å². The van der Waals surface area contributed by atoms with Gasteiger partial charge in [0, 0.05) is 0 Å². The standard InChI is InChI=1S/C7H7ClO3S/c8-7(12(9,10)11)6-4-2-1-3-5-6/h1-5,7H,(H,9,10,11)/t7-/m0/s1. The van der Waals surface area contributed by atoms with Crippen molar-refractivity contribution in [1.29, 1.82) is 0 Å². The van der Waals surface area contributed by atoms with Crippen LogP contribution in [-0.2, 0) is 10.1 Å². The van der Waals surface area contributed by atoms with E-state index in [1.165, 1.54) is 12.1 Å². The van der Waals surface area contributed by atoms with Gasteiger partial charge in [-0.05, 0) is 5.56 Å². The maximum Gasteiger partial charge on any atom is 0.286 e. The summed E-state index contributed by atoms with van der Waals surface area (Å²) in [4.78, 5) is 0. The Hall–Kier alpha value is -0.580. The summed E-state index contributed by atoms with van der Waals surface area (Å²) in [6.07, 6.45) is 0. The van der Waals surface area contributed by atoms with Crippen molar-refractivity contribution in [3.8, 4) is 0 Å². The van der Waals surface area contributed by atoms with Crippen LogP contribution in [0.1, 0.15) is 10.3 Å². The average Bonchev–Trinajstić information content (AvgIpc) is 2.03. The maximum atomic E-state index is 10.6. The number of halogens is 1. The first-order valence-corrected chi connectivity index (χ1v) is 5.11. The highest BCUT2D eigenvalue weighted by Gasteiger charge is 2.21. The highest BCUT2D eigenvalue weighted by atomic mass is 35.5. The Kier molecular flexibility index (Phi) is 2.72. The molecule has 0 spiro atoms. The Balaban J connectivity index is 3.02. The van der Waals surface area contributed by atoms with Gasteiger partial charge in [-0.2, -0.15) is 8.42 Å². The van der Waals surface area contributed by atoms with Gasteiger partial charge in [0.15, 0.2) is 4.71 Å². The summed E-state index contributed by atoms with van der Waals surface area (Å²) < 4.78 is 28.3. The second-order valence-electron chi connectivity index (χ2n) is 2.24. The molecule has 12 heavy (non-hydrogen) atoms. The molecule has 0 radical (unpaired) electrons. The normalized spacial score (nSPS) is 14.2. The fourth-order valence-corrected chi connectivity index (χ4v) is 1.42. The Labute approximate surface area is 75.7 Å². The van der Waals surface area contributed by atoms with Crippen molar-refractivity contribution in [3.63, 3.8) is 0 Å². The molecule has 3 nitrogen and oxygen atoms in total. The second kappa shape index (κ2) is 3.43. The van der Waals surface area contributed by atoms with E-state index in [4.69, 9.17) is 16.2 Å². The SMILES string of the molecule is O=S(=O)(O)[C@H](Cl)c1ccccc1. The van der Waals surface area contributed by atoms with E-state index < -0.39 is 14.8 Å². The largest absolute Gasteiger partial charge is 0.286 e. The van der Waals surface area contributed by atoms with Crippen LogP contribution in [-0.4, -0.2) is 13.0 Å². The van der Waals surface area contributed by atoms with Crippen LogP contribution in [0.4, 0.5) is 0 Å². The molecule has 0 aromatic heterocycles. The molecule has 1 N–H and O–H groups in total. The molecule has 0 bridgehead atoms. The molecule has 0 saturated heterocycles. The van der Waals surface area contributed by atoms with Crippen LogP contribution in [0.5, 0.6) is 0 Å². The van der Waals surface area contributed by atoms with E-state index in [2.05, 4.69) is 0 Å². The number of hydrogen-bond acceptors (Lipinski definition) is 2. The van der Waals surface area contributed by atoms with Gasteiger partial charge in [-0.1, -0.05) is 41.9 Å². The lowest BCUT2D eigenvalue weighted by molar-refractivity contribution is 0.480. The Bertz CT molecular complexity index is 346. The van der Waals surface area contributed by atoms with Gasteiger partial charge in [0.25, 0.3) is 10.1 Å². The molecule has 5 heteroatoms. The molecule has 1 aromatic rings. The van der Waals surface area contributed by atoms with Gasteiger partial charge in [-0.25, -0.2) is 0 Å². The summed E-state index contributed by atoms with van der Waals surface area (Å²) in [5, 5.41) is 0. The third-order valence-corrected chi connectivity index (χ3v) is 3.05. The van der Waals surface area contributed by atoms with Gasteiger partial charge in [0.05, 0.1) is 0 Å². The van der Waals surface area contributed by atoms with Crippen molar-refractivity contribution in [1.82, 2.24) is 0 Å². The van der Waals surface area contributed by atoms with Crippen molar-refractivity contribution in [2.45, 2.75) is 4.71 Å².